The molecule has 0 fully saturated rings. The number of carbonyl (C=O) groups excluding carboxylic acids is 1. The number of rotatable bonds is 4. The number of hydrogen-bond acceptors (Lipinski definition) is 6. The zero-order valence-electron chi connectivity index (χ0n) is 14.6. The summed E-state index contributed by atoms with van der Waals surface area (Å²) < 4.78 is 8.63. The second-order valence-electron chi connectivity index (χ2n) is 6.28. The van der Waals surface area contributed by atoms with E-state index in [2.05, 4.69) is 20.5 Å². The third-order valence-corrected chi connectivity index (χ3v) is 4.49. The molecular formula is C19H14N6O3. The van der Waals surface area contributed by atoms with E-state index in [1.54, 1.807) is 10.5 Å². The third kappa shape index (κ3) is 2.60. The molecule has 0 aliphatic heterocycles. The largest absolute Gasteiger partial charge is 0.448 e. The average Bonchev–Trinajstić information content (AvgIpc) is 3.30. The molecule has 4 heterocycles. The lowest BCUT2D eigenvalue weighted by atomic mass is 10.2. The molecule has 0 saturated carbocycles. The number of fused-ring (bicyclic) bond motifs is 4. The predicted molar refractivity (Wildman–Crippen MR) is 101 cm³/mol. The fraction of sp³-hybridized carbons (Fsp3) is 0.105. The van der Waals surface area contributed by atoms with Gasteiger partial charge in [0.05, 0.1) is 12.9 Å². The Balaban J connectivity index is 1.37. The number of amides is 1. The second kappa shape index (κ2) is 6.31. The first-order chi connectivity index (χ1) is 13.7. The van der Waals surface area contributed by atoms with E-state index in [4.69, 9.17) is 4.42 Å². The Bertz CT molecular complexity index is 1400. The quantitative estimate of drug-likeness (QED) is 0.511. The first-order valence-electron chi connectivity index (χ1n) is 8.63. The van der Waals surface area contributed by atoms with Crippen molar-refractivity contribution < 1.29 is 9.21 Å². The molecule has 9 heteroatoms. The summed E-state index contributed by atoms with van der Waals surface area (Å²) in [7, 11) is 0. The van der Waals surface area contributed by atoms with Gasteiger partial charge in [0.2, 0.25) is 11.5 Å². The number of para-hydroxylation sites is 1. The maximum Gasteiger partial charge on any atom is 0.297 e. The van der Waals surface area contributed by atoms with E-state index in [0.29, 0.717) is 22.6 Å². The van der Waals surface area contributed by atoms with Crippen LogP contribution in [-0.4, -0.2) is 30.1 Å². The van der Waals surface area contributed by atoms with Crippen molar-refractivity contribution in [2.75, 3.05) is 0 Å². The van der Waals surface area contributed by atoms with E-state index >= 15 is 0 Å². The zero-order valence-corrected chi connectivity index (χ0v) is 14.6. The summed E-state index contributed by atoms with van der Waals surface area (Å²) in [5.41, 5.74) is 1.52. The van der Waals surface area contributed by atoms with Crippen LogP contribution in [0.3, 0.4) is 0 Å². The molecule has 1 N–H and O–H groups in total. The van der Waals surface area contributed by atoms with Gasteiger partial charge in [-0.05, 0) is 24.3 Å². The van der Waals surface area contributed by atoms with Crippen molar-refractivity contribution in [2.45, 2.75) is 13.1 Å². The highest BCUT2D eigenvalue weighted by Gasteiger charge is 2.15. The molecular weight excluding hydrogens is 360 g/mol. The van der Waals surface area contributed by atoms with E-state index < -0.39 is 5.56 Å². The molecule has 9 nitrogen and oxygen atoms in total. The van der Waals surface area contributed by atoms with E-state index in [9.17, 15) is 9.59 Å². The van der Waals surface area contributed by atoms with Crippen LogP contribution in [0.1, 0.15) is 5.82 Å². The number of carbonyl (C=O) groups is 1. The van der Waals surface area contributed by atoms with Gasteiger partial charge in [-0.3, -0.25) is 18.6 Å². The maximum absolute atomic E-state index is 12.7. The molecule has 0 aliphatic rings. The van der Waals surface area contributed by atoms with E-state index in [0.717, 1.165) is 5.39 Å². The van der Waals surface area contributed by atoms with Crippen molar-refractivity contribution in [2.24, 2.45) is 0 Å². The van der Waals surface area contributed by atoms with Gasteiger partial charge in [0.1, 0.15) is 17.6 Å². The van der Waals surface area contributed by atoms with Gasteiger partial charge in [0, 0.05) is 11.6 Å². The van der Waals surface area contributed by atoms with E-state index in [1.807, 2.05) is 42.6 Å². The van der Waals surface area contributed by atoms with Gasteiger partial charge >= 0.3 is 0 Å². The Labute approximate surface area is 157 Å². The van der Waals surface area contributed by atoms with Gasteiger partial charge in [-0.1, -0.05) is 18.2 Å². The molecule has 0 unspecified atom stereocenters. The molecule has 0 bridgehead atoms. The van der Waals surface area contributed by atoms with Crippen LogP contribution in [0.25, 0.3) is 27.7 Å². The van der Waals surface area contributed by atoms with Gasteiger partial charge in [-0.25, -0.2) is 4.98 Å². The van der Waals surface area contributed by atoms with Gasteiger partial charge in [0.25, 0.3) is 5.56 Å². The Morgan fingerprint density at radius 2 is 1.96 bits per heavy atom. The minimum Gasteiger partial charge on any atom is -0.448 e. The van der Waals surface area contributed by atoms with Gasteiger partial charge < -0.3 is 9.73 Å². The molecule has 4 aromatic heterocycles. The smallest absolute Gasteiger partial charge is 0.297 e. The molecule has 1 aromatic carbocycles. The number of nitrogens with one attached hydrogen (secondary N) is 1. The van der Waals surface area contributed by atoms with Crippen molar-refractivity contribution in [3.8, 4) is 0 Å². The lowest BCUT2D eigenvalue weighted by Crippen LogP contribution is -2.32. The molecule has 138 valence electrons. The summed E-state index contributed by atoms with van der Waals surface area (Å²) in [6, 6.07) is 12.8. The summed E-state index contributed by atoms with van der Waals surface area (Å²) in [5.74, 6) is 0.259. The molecule has 5 rings (SSSR count). The van der Waals surface area contributed by atoms with Crippen LogP contribution in [0.4, 0.5) is 0 Å². The van der Waals surface area contributed by atoms with Gasteiger partial charge in [-0.2, -0.15) is 0 Å². The van der Waals surface area contributed by atoms with Crippen LogP contribution in [-0.2, 0) is 17.9 Å². The predicted octanol–water partition coefficient (Wildman–Crippen LogP) is 1.50. The van der Waals surface area contributed by atoms with Crippen LogP contribution >= 0.6 is 0 Å². The zero-order chi connectivity index (χ0) is 19.1. The molecule has 1 amide bonds. The Morgan fingerprint density at radius 1 is 1.11 bits per heavy atom. The lowest BCUT2D eigenvalue weighted by molar-refractivity contribution is -0.121. The molecule has 0 aliphatic carbocycles. The van der Waals surface area contributed by atoms with Crippen molar-refractivity contribution >= 4 is 33.6 Å². The minimum atomic E-state index is -0.399. The van der Waals surface area contributed by atoms with Gasteiger partial charge in [0.15, 0.2) is 11.5 Å². The monoisotopic (exact) mass is 374 g/mol. The highest BCUT2D eigenvalue weighted by Crippen LogP contribution is 2.23. The minimum absolute atomic E-state index is 0.139. The Morgan fingerprint density at radius 3 is 2.89 bits per heavy atom. The summed E-state index contributed by atoms with van der Waals surface area (Å²) in [5, 5.41) is 11.6. The Kier molecular flexibility index (Phi) is 3.64. The third-order valence-electron chi connectivity index (χ3n) is 4.49. The second-order valence-corrected chi connectivity index (χ2v) is 6.28. The Hall–Kier alpha value is -4.01. The molecule has 5 aromatic rings. The van der Waals surface area contributed by atoms with Crippen molar-refractivity contribution in [1.29, 1.82) is 0 Å². The fourth-order valence-electron chi connectivity index (χ4n) is 3.13. The van der Waals surface area contributed by atoms with Crippen molar-refractivity contribution in [3.05, 3.63) is 71.2 Å². The fourth-order valence-corrected chi connectivity index (χ4v) is 3.13. The number of pyridine rings is 1. The van der Waals surface area contributed by atoms with Crippen LogP contribution in [0.2, 0.25) is 0 Å². The lowest BCUT2D eigenvalue weighted by Gasteiger charge is -2.06. The van der Waals surface area contributed by atoms with Crippen molar-refractivity contribution in [1.82, 2.24) is 29.5 Å². The number of furan rings is 1. The van der Waals surface area contributed by atoms with E-state index in [-0.39, 0.29) is 24.6 Å². The number of hydrogen-bond donors (Lipinski definition) is 1. The standard InChI is InChI=1S/C19H14N6O3/c26-16(20-9-15-23-22-14-7-3-4-8-25(14)15)10-24-11-21-17-12-5-1-2-6-13(12)28-18(17)19(24)27/h1-8,11H,9-10H2,(H,20,26). The summed E-state index contributed by atoms with van der Waals surface area (Å²) >= 11 is 0. The van der Waals surface area contributed by atoms with Crippen LogP contribution < -0.4 is 10.9 Å². The number of benzene rings is 1. The summed E-state index contributed by atoms with van der Waals surface area (Å²) in [6.45, 7) is 0.0224. The summed E-state index contributed by atoms with van der Waals surface area (Å²) in [6.07, 6.45) is 3.18. The topological polar surface area (TPSA) is 107 Å². The highest BCUT2D eigenvalue weighted by atomic mass is 16.3. The molecule has 28 heavy (non-hydrogen) atoms. The summed E-state index contributed by atoms with van der Waals surface area (Å²) in [4.78, 5) is 29.3. The maximum atomic E-state index is 12.7. The van der Waals surface area contributed by atoms with E-state index in [1.165, 1.54) is 10.9 Å². The van der Waals surface area contributed by atoms with Crippen LogP contribution in [0.15, 0.2) is 64.2 Å². The molecule has 0 spiro atoms. The first-order valence-corrected chi connectivity index (χ1v) is 8.63. The molecule has 0 atom stereocenters. The van der Waals surface area contributed by atoms with Gasteiger partial charge in [-0.15, -0.1) is 10.2 Å². The van der Waals surface area contributed by atoms with Crippen molar-refractivity contribution in [3.63, 3.8) is 0 Å². The molecule has 0 saturated heterocycles. The SMILES string of the molecule is O=C(Cn1cnc2c(oc3ccccc32)c1=O)NCc1nnc2ccccn12. The number of aromatic nitrogens is 5. The normalized spacial score (nSPS) is 11.4. The number of nitrogens with zero attached hydrogens (tertiary/aromatic N) is 5. The van der Waals surface area contributed by atoms with Crippen LogP contribution in [0.5, 0.6) is 0 Å². The molecule has 0 radical (unpaired) electrons. The average molecular weight is 374 g/mol. The first kappa shape index (κ1) is 16.2. The highest BCUT2D eigenvalue weighted by molar-refractivity contribution is 6.01. The van der Waals surface area contributed by atoms with Crippen LogP contribution in [0, 0.1) is 0 Å².